The number of carboxylic acid groups (broad SMARTS) is 1. The van der Waals surface area contributed by atoms with Gasteiger partial charge in [-0.1, -0.05) is 0 Å². The Balaban J connectivity index is 1.67. The van der Waals surface area contributed by atoms with E-state index < -0.39 is 11.9 Å². The molecule has 0 radical (unpaired) electrons. The molecule has 1 aromatic rings. The minimum Gasteiger partial charge on any atom is -0.481 e. The summed E-state index contributed by atoms with van der Waals surface area (Å²) in [6.07, 6.45) is 4.32. The van der Waals surface area contributed by atoms with Crippen LogP contribution in [0.15, 0.2) is 6.33 Å². The zero-order valence-electron chi connectivity index (χ0n) is 11.2. The van der Waals surface area contributed by atoms with Crippen molar-refractivity contribution in [2.45, 2.75) is 25.7 Å². The number of carbonyl (C=O) groups is 2. The van der Waals surface area contributed by atoms with Gasteiger partial charge in [-0.3, -0.25) is 9.89 Å². The fourth-order valence-electron chi connectivity index (χ4n) is 2.28. The first-order chi connectivity index (χ1) is 9.66. The van der Waals surface area contributed by atoms with E-state index >= 15 is 0 Å². The maximum atomic E-state index is 11.9. The predicted octanol–water partition coefficient (Wildman–Crippen LogP) is 0.244. The van der Waals surface area contributed by atoms with Gasteiger partial charge in [-0.25, -0.2) is 9.78 Å². The zero-order valence-corrected chi connectivity index (χ0v) is 11.2. The van der Waals surface area contributed by atoms with Crippen molar-refractivity contribution in [1.29, 1.82) is 0 Å². The highest BCUT2D eigenvalue weighted by Gasteiger charge is 2.27. The summed E-state index contributed by atoms with van der Waals surface area (Å²) < 4.78 is 0. The highest BCUT2D eigenvalue weighted by atomic mass is 16.4. The summed E-state index contributed by atoms with van der Waals surface area (Å²) in [5.74, 6) is -0.473. The van der Waals surface area contributed by atoms with Crippen LogP contribution in [0.2, 0.25) is 0 Å². The molecule has 1 atom stereocenters. The summed E-state index contributed by atoms with van der Waals surface area (Å²) in [4.78, 5) is 28.4. The zero-order chi connectivity index (χ0) is 14.4. The molecule has 110 valence electrons. The number of carboxylic acids is 1. The number of rotatable bonds is 5. The predicted molar refractivity (Wildman–Crippen MR) is 70.0 cm³/mol. The summed E-state index contributed by atoms with van der Waals surface area (Å²) in [5, 5.41) is 18.3. The lowest BCUT2D eigenvalue weighted by atomic mass is 9.99. The van der Waals surface area contributed by atoms with Gasteiger partial charge in [-0.2, -0.15) is 5.10 Å². The summed E-state index contributed by atoms with van der Waals surface area (Å²) in [7, 11) is 0. The first kappa shape index (κ1) is 14.3. The maximum absolute atomic E-state index is 11.9. The SMILES string of the molecule is O=C(O)[C@H]1CCCN(C(=O)NCCCc2ncn[nH]2)C1. The number of hydrogen-bond acceptors (Lipinski definition) is 4. The van der Waals surface area contributed by atoms with Gasteiger partial charge in [0, 0.05) is 26.1 Å². The Morgan fingerprint density at radius 3 is 3.10 bits per heavy atom. The van der Waals surface area contributed by atoms with Crippen LogP contribution in [0.3, 0.4) is 0 Å². The largest absolute Gasteiger partial charge is 0.481 e. The molecule has 1 aromatic heterocycles. The quantitative estimate of drug-likeness (QED) is 0.670. The van der Waals surface area contributed by atoms with Crippen LogP contribution in [0.1, 0.15) is 25.1 Å². The molecule has 1 saturated heterocycles. The summed E-state index contributed by atoms with van der Waals surface area (Å²) in [6, 6.07) is -0.187. The second-order valence-electron chi connectivity index (χ2n) is 4.89. The molecular formula is C12H19N5O3. The number of nitrogens with zero attached hydrogens (tertiary/aromatic N) is 3. The van der Waals surface area contributed by atoms with Gasteiger partial charge in [-0.15, -0.1) is 0 Å². The number of aromatic nitrogens is 3. The number of amides is 2. The molecule has 0 aliphatic carbocycles. The number of aliphatic carboxylic acids is 1. The average Bonchev–Trinajstić information content (AvgIpc) is 2.96. The van der Waals surface area contributed by atoms with Crippen LogP contribution in [0.25, 0.3) is 0 Å². The molecule has 0 aromatic carbocycles. The third-order valence-corrected chi connectivity index (χ3v) is 3.39. The van der Waals surface area contributed by atoms with E-state index in [1.807, 2.05) is 0 Å². The number of H-pyrrole nitrogens is 1. The van der Waals surface area contributed by atoms with E-state index in [0.717, 1.165) is 25.1 Å². The van der Waals surface area contributed by atoms with Gasteiger partial charge in [-0.05, 0) is 19.3 Å². The number of likely N-dealkylation sites (tertiary alicyclic amines) is 1. The lowest BCUT2D eigenvalue weighted by Crippen LogP contribution is -2.47. The number of urea groups is 1. The van der Waals surface area contributed by atoms with Gasteiger partial charge < -0.3 is 15.3 Å². The molecule has 1 aliphatic heterocycles. The van der Waals surface area contributed by atoms with Crippen LogP contribution in [0.5, 0.6) is 0 Å². The standard InChI is InChI=1S/C12H19N5O3/c18-11(19)9-3-2-6-17(7-9)12(20)13-5-1-4-10-14-8-15-16-10/h8-9H,1-7H2,(H,13,20)(H,18,19)(H,14,15,16)/t9-/m0/s1. The van der Waals surface area contributed by atoms with Crippen molar-refractivity contribution in [3.63, 3.8) is 0 Å². The molecule has 2 amide bonds. The Bertz CT molecular complexity index is 448. The van der Waals surface area contributed by atoms with E-state index in [1.54, 1.807) is 4.90 Å². The monoisotopic (exact) mass is 281 g/mol. The lowest BCUT2D eigenvalue weighted by Gasteiger charge is -2.30. The Morgan fingerprint density at radius 2 is 2.40 bits per heavy atom. The van der Waals surface area contributed by atoms with Crippen LogP contribution in [0, 0.1) is 5.92 Å². The first-order valence-electron chi connectivity index (χ1n) is 6.76. The Morgan fingerprint density at radius 1 is 1.55 bits per heavy atom. The number of piperidine rings is 1. The van der Waals surface area contributed by atoms with Gasteiger partial charge in [0.25, 0.3) is 0 Å². The van der Waals surface area contributed by atoms with Crippen LogP contribution >= 0.6 is 0 Å². The Kier molecular flexibility index (Phi) is 4.91. The molecule has 1 aliphatic rings. The van der Waals surface area contributed by atoms with Gasteiger partial charge in [0.1, 0.15) is 12.2 Å². The third-order valence-electron chi connectivity index (χ3n) is 3.39. The van der Waals surface area contributed by atoms with E-state index in [-0.39, 0.29) is 6.03 Å². The van der Waals surface area contributed by atoms with E-state index in [9.17, 15) is 9.59 Å². The molecule has 20 heavy (non-hydrogen) atoms. The summed E-state index contributed by atoms with van der Waals surface area (Å²) in [5.41, 5.74) is 0. The van der Waals surface area contributed by atoms with Crippen molar-refractivity contribution >= 4 is 12.0 Å². The van der Waals surface area contributed by atoms with Crippen molar-refractivity contribution in [3.8, 4) is 0 Å². The van der Waals surface area contributed by atoms with Crippen LogP contribution in [-0.4, -0.2) is 56.8 Å². The van der Waals surface area contributed by atoms with Crippen LogP contribution in [0.4, 0.5) is 4.79 Å². The Hall–Kier alpha value is -2.12. The number of hydrogen-bond donors (Lipinski definition) is 3. The highest BCUT2D eigenvalue weighted by Crippen LogP contribution is 2.16. The second kappa shape index (κ2) is 6.88. The van der Waals surface area contributed by atoms with Crippen LogP contribution in [-0.2, 0) is 11.2 Å². The number of aryl methyl sites for hydroxylation is 1. The molecule has 8 heteroatoms. The minimum atomic E-state index is -0.826. The van der Waals surface area contributed by atoms with E-state index in [0.29, 0.717) is 26.1 Å². The highest BCUT2D eigenvalue weighted by molar-refractivity contribution is 5.76. The molecule has 2 heterocycles. The van der Waals surface area contributed by atoms with Crippen LogP contribution < -0.4 is 5.32 Å². The van der Waals surface area contributed by atoms with Gasteiger partial charge in [0.2, 0.25) is 0 Å². The summed E-state index contributed by atoms with van der Waals surface area (Å²) in [6.45, 7) is 1.45. The minimum absolute atomic E-state index is 0.187. The third kappa shape index (κ3) is 3.94. The number of nitrogens with one attached hydrogen (secondary N) is 2. The molecule has 2 rings (SSSR count). The fourth-order valence-corrected chi connectivity index (χ4v) is 2.28. The topological polar surface area (TPSA) is 111 Å². The molecule has 0 bridgehead atoms. The molecule has 0 spiro atoms. The average molecular weight is 281 g/mol. The van der Waals surface area contributed by atoms with Crippen molar-refractivity contribution in [3.05, 3.63) is 12.2 Å². The maximum Gasteiger partial charge on any atom is 0.317 e. The molecule has 3 N–H and O–H groups in total. The van der Waals surface area contributed by atoms with E-state index in [4.69, 9.17) is 5.11 Å². The number of aromatic amines is 1. The van der Waals surface area contributed by atoms with E-state index in [2.05, 4.69) is 20.5 Å². The molecule has 0 unspecified atom stereocenters. The summed E-state index contributed by atoms with van der Waals surface area (Å²) >= 11 is 0. The first-order valence-corrected chi connectivity index (χ1v) is 6.76. The lowest BCUT2D eigenvalue weighted by molar-refractivity contribution is -0.143. The van der Waals surface area contributed by atoms with Crippen molar-refractivity contribution in [2.75, 3.05) is 19.6 Å². The molecule has 0 saturated carbocycles. The van der Waals surface area contributed by atoms with Gasteiger partial charge >= 0.3 is 12.0 Å². The van der Waals surface area contributed by atoms with Gasteiger partial charge in [0.05, 0.1) is 5.92 Å². The van der Waals surface area contributed by atoms with Gasteiger partial charge in [0.15, 0.2) is 0 Å². The molecule has 8 nitrogen and oxygen atoms in total. The molecular weight excluding hydrogens is 262 g/mol. The van der Waals surface area contributed by atoms with Crippen molar-refractivity contribution < 1.29 is 14.7 Å². The molecule has 1 fully saturated rings. The normalized spacial score (nSPS) is 18.8. The fraction of sp³-hybridized carbons (Fsp3) is 0.667. The van der Waals surface area contributed by atoms with Crippen molar-refractivity contribution in [2.24, 2.45) is 5.92 Å². The van der Waals surface area contributed by atoms with Crippen molar-refractivity contribution in [1.82, 2.24) is 25.4 Å². The second-order valence-corrected chi connectivity index (χ2v) is 4.89. The number of carbonyl (C=O) groups excluding carboxylic acids is 1. The smallest absolute Gasteiger partial charge is 0.317 e. The Labute approximate surface area is 116 Å². The van der Waals surface area contributed by atoms with E-state index in [1.165, 1.54) is 6.33 Å².